The monoisotopic (exact) mass is 201 g/mol. The number of piperazine rings is 1. The van der Waals surface area contributed by atoms with Crippen LogP contribution in [0.5, 0.6) is 0 Å². The van der Waals surface area contributed by atoms with E-state index in [1.807, 2.05) is 12.1 Å². The highest BCUT2D eigenvalue weighted by Gasteiger charge is 2.06. The molecule has 1 aliphatic rings. The van der Waals surface area contributed by atoms with Crippen LogP contribution in [0.4, 0.5) is 0 Å². The zero-order valence-electron chi connectivity index (χ0n) is 8.74. The summed E-state index contributed by atoms with van der Waals surface area (Å²) in [6.45, 7) is 5.23. The molecular weight excluding hydrogens is 186 g/mol. The Labute approximate surface area is 90.5 Å². The lowest BCUT2D eigenvalue weighted by Gasteiger charge is -2.24. The fraction of sp³-hybridized carbons (Fsp3) is 0.417. The van der Waals surface area contributed by atoms with Gasteiger partial charge in [0.2, 0.25) is 0 Å². The van der Waals surface area contributed by atoms with Crippen molar-refractivity contribution in [3.8, 4) is 11.8 Å². The van der Waals surface area contributed by atoms with E-state index < -0.39 is 0 Å². The average Bonchev–Trinajstić information content (AvgIpc) is 2.32. The van der Waals surface area contributed by atoms with Gasteiger partial charge in [-0.15, -0.1) is 0 Å². The fourth-order valence-corrected chi connectivity index (χ4v) is 1.56. The molecule has 0 bridgehead atoms. The van der Waals surface area contributed by atoms with Crippen molar-refractivity contribution < 1.29 is 0 Å². The molecule has 3 heteroatoms. The molecule has 0 unspecified atom stereocenters. The van der Waals surface area contributed by atoms with Crippen molar-refractivity contribution in [3.63, 3.8) is 0 Å². The molecule has 1 fully saturated rings. The molecule has 2 rings (SSSR count). The zero-order chi connectivity index (χ0) is 10.3. The summed E-state index contributed by atoms with van der Waals surface area (Å²) in [5.74, 6) is 6.33. The maximum absolute atomic E-state index is 3.96. The van der Waals surface area contributed by atoms with Crippen LogP contribution in [0.15, 0.2) is 24.5 Å². The molecule has 1 saturated heterocycles. The number of nitrogens with zero attached hydrogens (tertiary/aromatic N) is 2. The first kappa shape index (κ1) is 10.2. The first-order valence-electron chi connectivity index (χ1n) is 5.27. The third kappa shape index (κ3) is 3.35. The Morgan fingerprint density at radius 3 is 2.73 bits per heavy atom. The zero-order valence-corrected chi connectivity index (χ0v) is 8.74. The molecule has 0 radical (unpaired) electrons. The molecule has 0 saturated carbocycles. The van der Waals surface area contributed by atoms with E-state index in [-0.39, 0.29) is 0 Å². The van der Waals surface area contributed by atoms with Crippen LogP contribution in [-0.4, -0.2) is 42.6 Å². The van der Waals surface area contributed by atoms with Gasteiger partial charge in [-0.2, -0.15) is 0 Å². The smallest absolute Gasteiger partial charge is 0.0606 e. The molecule has 1 aliphatic heterocycles. The van der Waals surface area contributed by atoms with Gasteiger partial charge in [-0.1, -0.05) is 11.8 Å². The molecule has 3 nitrogen and oxygen atoms in total. The maximum atomic E-state index is 3.96. The van der Waals surface area contributed by atoms with Crippen molar-refractivity contribution in [2.24, 2.45) is 0 Å². The van der Waals surface area contributed by atoms with Crippen molar-refractivity contribution in [3.05, 3.63) is 30.1 Å². The van der Waals surface area contributed by atoms with Crippen LogP contribution in [-0.2, 0) is 0 Å². The Morgan fingerprint density at radius 1 is 1.27 bits per heavy atom. The molecule has 1 aromatic rings. The van der Waals surface area contributed by atoms with Crippen LogP contribution >= 0.6 is 0 Å². The lowest BCUT2D eigenvalue weighted by molar-refractivity contribution is 0.268. The van der Waals surface area contributed by atoms with Crippen LogP contribution in [0.3, 0.4) is 0 Å². The summed E-state index contributed by atoms with van der Waals surface area (Å²) in [5.41, 5.74) is 1.04. The highest BCUT2D eigenvalue weighted by atomic mass is 15.2. The first-order chi connectivity index (χ1) is 7.45. The number of pyridine rings is 1. The van der Waals surface area contributed by atoms with Crippen LogP contribution in [0.1, 0.15) is 5.56 Å². The topological polar surface area (TPSA) is 28.2 Å². The Bertz CT molecular complexity index is 344. The highest BCUT2D eigenvalue weighted by Crippen LogP contribution is 1.93. The second kappa shape index (κ2) is 5.50. The van der Waals surface area contributed by atoms with E-state index in [0.717, 1.165) is 38.3 Å². The Morgan fingerprint density at radius 2 is 2.00 bits per heavy atom. The number of rotatable bonds is 1. The maximum Gasteiger partial charge on any atom is 0.0606 e. The Kier molecular flexibility index (Phi) is 3.72. The van der Waals surface area contributed by atoms with Gasteiger partial charge in [0, 0.05) is 44.1 Å². The molecular formula is C12H15N3. The number of aromatic nitrogens is 1. The molecule has 0 aliphatic carbocycles. The summed E-state index contributed by atoms with van der Waals surface area (Å²) >= 11 is 0. The lowest BCUT2D eigenvalue weighted by Crippen LogP contribution is -2.43. The summed E-state index contributed by atoms with van der Waals surface area (Å²) < 4.78 is 0. The molecule has 1 N–H and O–H groups in total. The first-order valence-corrected chi connectivity index (χ1v) is 5.27. The molecule has 0 amide bonds. The number of nitrogens with one attached hydrogen (secondary N) is 1. The van der Waals surface area contributed by atoms with Crippen molar-refractivity contribution in [1.29, 1.82) is 0 Å². The normalized spacial score (nSPS) is 16.8. The third-order valence-corrected chi connectivity index (χ3v) is 2.43. The van der Waals surface area contributed by atoms with Crippen LogP contribution in [0.2, 0.25) is 0 Å². The predicted molar refractivity (Wildman–Crippen MR) is 60.4 cm³/mol. The van der Waals surface area contributed by atoms with Crippen LogP contribution < -0.4 is 5.32 Å². The number of hydrogen-bond acceptors (Lipinski definition) is 3. The molecule has 2 heterocycles. The second-order valence-electron chi connectivity index (χ2n) is 3.56. The van der Waals surface area contributed by atoms with Crippen LogP contribution in [0.25, 0.3) is 0 Å². The Hall–Kier alpha value is -1.37. The van der Waals surface area contributed by atoms with Gasteiger partial charge >= 0.3 is 0 Å². The van der Waals surface area contributed by atoms with Gasteiger partial charge in [0.05, 0.1) is 6.54 Å². The van der Waals surface area contributed by atoms with Crippen molar-refractivity contribution in [1.82, 2.24) is 15.2 Å². The SMILES string of the molecule is C(#Cc1ccncc1)CN1CCNCC1. The summed E-state index contributed by atoms with van der Waals surface area (Å²) in [7, 11) is 0. The summed E-state index contributed by atoms with van der Waals surface area (Å²) in [4.78, 5) is 6.32. The van der Waals surface area contributed by atoms with Gasteiger partial charge < -0.3 is 5.32 Å². The van der Waals surface area contributed by atoms with Crippen molar-refractivity contribution in [2.75, 3.05) is 32.7 Å². The molecule has 1 aromatic heterocycles. The van der Waals surface area contributed by atoms with E-state index in [4.69, 9.17) is 0 Å². The highest BCUT2D eigenvalue weighted by molar-refractivity contribution is 5.32. The van der Waals surface area contributed by atoms with E-state index >= 15 is 0 Å². The van der Waals surface area contributed by atoms with E-state index in [1.54, 1.807) is 12.4 Å². The second-order valence-corrected chi connectivity index (χ2v) is 3.56. The molecule has 15 heavy (non-hydrogen) atoms. The van der Waals surface area contributed by atoms with Gasteiger partial charge in [-0.05, 0) is 12.1 Å². The van der Waals surface area contributed by atoms with Gasteiger partial charge in [0.1, 0.15) is 0 Å². The average molecular weight is 201 g/mol. The van der Waals surface area contributed by atoms with E-state index in [2.05, 4.69) is 27.0 Å². The fourth-order valence-electron chi connectivity index (χ4n) is 1.56. The van der Waals surface area contributed by atoms with Crippen molar-refractivity contribution >= 4 is 0 Å². The lowest BCUT2D eigenvalue weighted by atomic mass is 10.3. The van der Waals surface area contributed by atoms with Gasteiger partial charge in [0.15, 0.2) is 0 Å². The predicted octanol–water partition coefficient (Wildman–Crippen LogP) is 0.338. The van der Waals surface area contributed by atoms with Gasteiger partial charge in [0.25, 0.3) is 0 Å². The van der Waals surface area contributed by atoms with Crippen LogP contribution in [0, 0.1) is 11.8 Å². The quantitative estimate of drug-likeness (QED) is 0.664. The Balaban J connectivity index is 1.84. The summed E-state index contributed by atoms with van der Waals surface area (Å²) in [6.07, 6.45) is 3.55. The van der Waals surface area contributed by atoms with Crippen molar-refractivity contribution in [2.45, 2.75) is 0 Å². The van der Waals surface area contributed by atoms with Gasteiger partial charge in [-0.3, -0.25) is 9.88 Å². The molecule has 78 valence electrons. The number of hydrogen-bond donors (Lipinski definition) is 1. The third-order valence-electron chi connectivity index (χ3n) is 2.43. The minimum absolute atomic E-state index is 0.865. The van der Waals surface area contributed by atoms with E-state index in [0.29, 0.717) is 0 Å². The molecule has 0 aromatic carbocycles. The van der Waals surface area contributed by atoms with E-state index in [9.17, 15) is 0 Å². The minimum atomic E-state index is 0.865. The standard InChI is InChI=1S/C12H15N3/c1(2-12-3-5-13-6-4-12)9-15-10-7-14-8-11-15/h3-6,14H,7-11H2. The van der Waals surface area contributed by atoms with Gasteiger partial charge in [-0.25, -0.2) is 0 Å². The van der Waals surface area contributed by atoms with E-state index in [1.165, 1.54) is 0 Å². The minimum Gasteiger partial charge on any atom is -0.314 e. The summed E-state index contributed by atoms with van der Waals surface area (Å²) in [6, 6.07) is 3.87. The summed E-state index contributed by atoms with van der Waals surface area (Å²) in [5, 5.41) is 3.32. The molecule has 0 spiro atoms. The molecule has 0 atom stereocenters. The largest absolute Gasteiger partial charge is 0.314 e.